The van der Waals surface area contributed by atoms with E-state index in [2.05, 4.69) is 12.2 Å². The lowest BCUT2D eigenvalue weighted by Crippen LogP contribution is -2.24. The summed E-state index contributed by atoms with van der Waals surface area (Å²) >= 11 is 1.45. The zero-order valence-corrected chi connectivity index (χ0v) is 20.6. The first kappa shape index (κ1) is 24.9. The van der Waals surface area contributed by atoms with E-state index in [-0.39, 0.29) is 11.6 Å². The van der Waals surface area contributed by atoms with Gasteiger partial charge in [-0.3, -0.25) is 14.4 Å². The second kappa shape index (κ2) is 11.5. The summed E-state index contributed by atoms with van der Waals surface area (Å²) in [5, 5.41) is 2.79. The lowest BCUT2D eigenvalue weighted by Gasteiger charge is -2.22. The van der Waals surface area contributed by atoms with Gasteiger partial charge in [-0.2, -0.15) is 0 Å². The number of ketones is 2. The molecule has 0 spiro atoms. The average molecular weight is 490 g/mol. The van der Waals surface area contributed by atoms with Crippen molar-refractivity contribution in [1.29, 1.82) is 0 Å². The zero-order chi connectivity index (χ0) is 24.8. The third kappa shape index (κ3) is 5.54. The molecule has 180 valence electrons. The SMILES string of the molecule is CCCCCCCCSc1c(C(=O)Nc2ccc(F)cc2)ccc2c1C(=O)c1ccccc1C2=O. The van der Waals surface area contributed by atoms with Crippen molar-refractivity contribution in [2.45, 2.75) is 50.3 Å². The van der Waals surface area contributed by atoms with Crippen LogP contribution in [0.5, 0.6) is 0 Å². The third-order valence-corrected chi connectivity index (χ3v) is 7.34. The minimum absolute atomic E-state index is 0.206. The van der Waals surface area contributed by atoms with Gasteiger partial charge in [0.25, 0.3) is 5.91 Å². The van der Waals surface area contributed by atoms with E-state index in [4.69, 9.17) is 0 Å². The first-order valence-corrected chi connectivity index (χ1v) is 13.0. The molecule has 3 aromatic carbocycles. The van der Waals surface area contributed by atoms with Crippen LogP contribution in [0.3, 0.4) is 0 Å². The van der Waals surface area contributed by atoms with Gasteiger partial charge in [-0.15, -0.1) is 11.8 Å². The van der Waals surface area contributed by atoms with Crippen LogP contribution in [0.25, 0.3) is 0 Å². The van der Waals surface area contributed by atoms with Crippen molar-refractivity contribution in [3.63, 3.8) is 0 Å². The fraction of sp³-hybridized carbons (Fsp3) is 0.276. The smallest absolute Gasteiger partial charge is 0.256 e. The van der Waals surface area contributed by atoms with Gasteiger partial charge in [-0.1, -0.05) is 63.3 Å². The van der Waals surface area contributed by atoms with Crippen LogP contribution in [-0.2, 0) is 0 Å². The molecule has 0 atom stereocenters. The van der Waals surface area contributed by atoms with E-state index in [9.17, 15) is 18.8 Å². The van der Waals surface area contributed by atoms with E-state index in [1.165, 1.54) is 55.3 Å². The normalized spacial score (nSPS) is 12.3. The number of amides is 1. The van der Waals surface area contributed by atoms with Crippen molar-refractivity contribution < 1.29 is 18.8 Å². The zero-order valence-electron chi connectivity index (χ0n) is 19.7. The third-order valence-electron chi connectivity index (χ3n) is 6.14. The van der Waals surface area contributed by atoms with Crippen molar-refractivity contribution >= 4 is 34.9 Å². The Bertz CT molecular complexity index is 1250. The quantitative estimate of drug-likeness (QED) is 0.187. The largest absolute Gasteiger partial charge is 0.322 e. The van der Waals surface area contributed by atoms with Crippen LogP contribution in [0.4, 0.5) is 10.1 Å². The molecule has 0 fully saturated rings. The lowest BCUT2D eigenvalue weighted by atomic mass is 9.83. The van der Waals surface area contributed by atoms with Crippen molar-refractivity contribution in [3.05, 3.63) is 94.3 Å². The first-order valence-electron chi connectivity index (χ1n) is 12.1. The number of nitrogens with one attached hydrogen (secondary N) is 1. The van der Waals surface area contributed by atoms with Crippen molar-refractivity contribution in [1.82, 2.24) is 0 Å². The summed E-state index contributed by atoms with van der Waals surface area (Å²) in [5.41, 5.74) is 2.18. The molecule has 1 N–H and O–H groups in total. The molecule has 0 saturated carbocycles. The van der Waals surface area contributed by atoms with Crippen LogP contribution < -0.4 is 5.32 Å². The number of halogens is 1. The van der Waals surface area contributed by atoms with Crippen LogP contribution in [0, 0.1) is 5.82 Å². The van der Waals surface area contributed by atoms with Gasteiger partial charge in [0.2, 0.25) is 0 Å². The van der Waals surface area contributed by atoms with E-state index in [1.807, 2.05) is 0 Å². The van der Waals surface area contributed by atoms with Crippen LogP contribution in [-0.4, -0.2) is 23.2 Å². The summed E-state index contributed by atoms with van der Waals surface area (Å²) in [6.45, 7) is 2.18. The molecule has 1 aliphatic rings. The highest BCUT2D eigenvalue weighted by Crippen LogP contribution is 2.37. The number of unbranched alkanes of at least 4 members (excludes halogenated alkanes) is 5. The predicted molar refractivity (Wildman–Crippen MR) is 138 cm³/mol. The number of hydrogen-bond donors (Lipinski definition) is 1. The average Bonchev–Trinajstić information content (AvgIpc) is 2.87. The van der Waals surface area contributed by atoms with E-state index in [0.717, 1.165) is 25.0 Å². The first-order chi connectivity index (χ1) is 17.0. The molecule has 1 amide bonds. The number of thioether (sulfide) groups is 1. The van der Waals surface area contributed by atoms with Crippen molar-refractivity contribution in [2.24, 2.45) is 0 Å². The summed E-state index contributed by atoms with van der Waals surface area (Å²) in [6.07, 6.45) is 6.81. The highest BCUT2D eigenvalue weighted by atomic mass is 32.2. The minimum atomic E-state index is -0.399. The molecule has 4 nitrogen and oxygen atoms in total. The maximum absolute atomic E-state index is 13.5. The monoisotopic (exact) mass is 489 g/mol. The molecule has 0 aliphatic heterocycles. The second-order valence-corrected chi connectivity index (χ2v) is 9.75. The molecule has 4 rings (SSSR count). The number of rotatable bonds is 10. The number of carbonyl (C=O) groups is 3. The van der Waals surface area contributed by atoms with E-state index in [1.54, 1.807) is 36.4 Å². The van der Waals surface area contributed by atoms with Crippen molar-refractivity contribution in [2.75, 3.05) is 11.1 Å². The van der Waals surface area contributed by atoms with E-state index < -0.39 is 11.7 Å². The van der Waals surface area contributed by atoms with E-state index in [0.29, 0.717) is 38.4 Å². The summed E-state index contributed by atoms with van der Waals surface area (Å²) in [4.78, 5) is 40.5. The fourth-order valence-corrected chi connectivity index (χ4v) is 5.49. The number of anilines is 1. The van der Waals surface area contributed by atoms with Gasteiger partial charge in [0, 0.05) is 32.8 Å². The Kier molecular flexibility index (Phi) is 8.13. The Morgan fingerprint density at radius 3 is 2.17 bits per heavy atom. The molecule has 0 radical (unpaired) electrons. The molecular weight excluding hydrogens is 461 g/mol. The Hall–Kier alpha value is -3.25. The predicted octanol–water partition coefficient (Wildman–Crippen LogP) is 7.31. The van der Waals surface area contributed by atoms with Crippen LogP contribution in [0.1, 0.15) is 87.6 Å². The number of benzene rings is 3. The number of hydrogen-bond acceptors (Lipinski definition) is 4. The molecule has 6 heteroatoms. The number of fused-ring (bicyclic) bond motifs is 2. The summed E-state index contributed by atoms with van der Waals surface area (Å²) in [5.74, 6) is -0.499. The Morgan fingerprint density at radius 2 is 1.46 bits per heavy atom. The van der Waals surface area contributed by atoms with E-state index >= 15 is 0 Å². The Balaban J connectivity index is 1.65. The topological polar surface area (TPSA) is 63.2 Å². The van der Waals surface area contributed by atoms with Gasteiger partial charge >= 0.3 is 0 Å². The highest BCUT2D eigenvalue weighted by molar-refractivity contribution is 7.99. The van der Waals surface area contributed by atoms with Gasteiger partial charge < -0.3 is 5.32 Å². The van der Waals surface area contributed by atoms with Gasteiger partial charge in [0.1, 0.15) is 5.82 Å². The van der Waals surface area contributed by atoms with Crippen LogP contribution in [0.15, 0.2) is 65.6 Å². The summed E-state index contributed by atoms with van der Waals surface area (Å²) < 4.78 is 13.3. The molecule has 35 heavy (non-hydrogen) atoms. The van der Waals surface area contributed by atoms with Gasteiger partial charge in [0.15, 0.2) is 11.6 Å². The molecule has 1 aliphatic carbocycles. The van der Waals surface area contributed by atoms with Crippen molar-refractivity contribution in [3.8, 4) is 0 Å². The van der Waals surface area contributed by atoms with Crippen LogP contribution >= 0.6 is 11.8 Å². The Labute approximate surface area is 209 Å². The Morgan fingerprint density at radius 1 is 0.800 bits per heavy atom. The lowest BCUT2D eigenvalue weighted by molar-refractivity contribution is 0.0975. The number of carbonyl (C=O) groups excluding carboxylic acids is 3. The molecule has 0 heterocycles. The molecule has 0 saturated heterocycles. The molecule has 0 aromatic heterocycles. The molecule has 0 unspecified atom stereocenters. The molecular formula is C29H28FNO3S. The van der Waals surface area contributed by atoms with Gasteiger partial charge in [-0.25, -0.2) is 4.39 Å². The molecule has 3 aromatic rings. The minimum Gasteiger partial charge on any atom is -0.322 e. The summed E-state index contributed by atoms with van der Waals surface area (Å²) in [6, 6.07) is 15.5. The second-order valence-electron chi connectivity index (χ2n) is 8.65. The standard InChI is InChI=1S/C29H28FNO3S/c1-2-3-4-5-6-9-18-35-28-24(29(34)31-20-14-12-19(30)13-15-20)17-16-23-25(28)27(33)22-11-8-7-10-21(22)26(23)32/h7-8,10-17H,2-6,9,18H2,1H3,(H,31,34). The molecule has 0 bridgehead atoms. The maximum Gasteiger partial charge on any atom is 0.256 e. The van der Waals surface area contributed by atoms with Crippen LogP contribution in [0.2, 0.25) is 0 Å². The maximum atomic E-state index is 13.5. The van der Waals surface area contributed by atoms with Gasteiger partial charge in [0.05, 0.1) is 5.56 Å². The fourth-order valence-electron chi connectivity index (χ4n) is 4.27. The van der Waals surface area contributed by atoms with Gasteiger partial charge in [-0.05, 0) is 48.6 Å². The highest BCUT2D eigenvalue weighted by Gasteiger charge is 2.33. The summed E-state index contributed by atoms with van der Waals surface area (Å²) in [7, 11) is 0.